The summed E-state index contributed by atoms with van der Waals surface area (Å²) in [6.45, 7) is 0. The second kappa shape index (κ2) is 5.94. The molecule has 114 valence electrons. The Morgan fingerprint density at radius 3 is 2.43 bits per heavy atom. The molecule has 8 heteroatoms. The summed E-state index contributed by atoms with van der Waals surface area (Å²) in [5.41, 5.74) is -2.39. The van der Waals surface area contributed by atoms with E-state index in [9.17, 15) is 24.3 Å². The molecule has 1 heterocycles. The highest BCUT2D eigenvalue weighted by Gasteiger charge is 2.40. The number of carboxylic acids is 1. The average Bonchev–Trinajstić information content (AvgIpc) is 2.37. The molecule has 8 nitrogen and oxygen atoms in total. The summed E-state index contributed by atoms with van der Waals surface area (Å²) in [7, 11) is 0. The lowest BCUT2D eigenvalue weighted by Crippen LogP contribution is -2.56. The fourth-order valence-electron chi connectivity index (χ4n) is 2.65. The Hall–Kier alpha value is -2.38. The lowest BCUT2D eigenvalue weighted by atomic mass is 9.81. The van der Waals surface area contributed by atoms with E-state index in [-0.39, 0.29) is 12.1 Å². The maximum atomic E-state index is 12.0. The number of hydrogen-bond acceptors (Lipinski definition) is 4. The number of carbonyl (C=O) groups is 2. The lowest BCUT2D eigenvalue weighted by Gasteiger charge is -2.33. The summed E-state index contributed by atoms with van der Waals surface area (Å²) >= 11 is 0. The van der Waals surface area contributed by atoms with Crippen LogP contribution in [-0.4, -0.2) is 32.5 Å². The highest BCUT2D eigenvalue weighted by molar-refractivity contribution is 5.87. The molecule has 4 N–H and O–H groups in total. The van der Waals surface area contributed by atoms with Crippen molar-refractivity contribution < 1.29 is 14.7 Å². The van der Waals surface area contributed by atoms with Crippen LogP contribution in [0.2, 0.25) is 0 Å². The number of nitrogens with one attached hydrogen (secondary N) is 3. The van der Waals surface area contributed by atoms with Gasteiger partial charge < -0.3 is 15.4 Å². The topological polar surface area (TPSA) is 132 Å². The molecule has 1 aromatic rings. The third kappa shape index (κ3) is 3.59. The van der Waals surface area contributed by atoms with Gasteiger partial charge in [-0.05, 0) is 12.8 Å². The van der Waals surface area contributed by atoms with Gasteiger partial charge in [0, 0.05) is 11.8 Å². The standard InChI is InChI=1S/C13H17N3O5/c17-9-6-8(14-12(21)15-9)7-10(18)16-13(11(19)20)4-2-1-3-5-13/h6H,1-5,7H2,(H,16,18)(H,19,20)(H2,14,15,17,21). The summed E-state index contributed by atoms with van der Waals surface area (Å²) in [4.78, 5) is 50.1. The molecule has 0 spiro atoms. The number of amides is 1. The van der Waals surface area contributed by atoms with Crippen LogP contribution in [0.15, 0.2) is 15.7 Å². The second-order valence-corrected chi connectivity index (χ2v) is 5.29. The van der Waals surface area contributed by atoms with Crippen molar-refractivity contribution in [3.05, 3.63) is 32.6 Å². The van der Waals surface area contributed by atoms with E-state index in [0.717, 1.165) is 25.3 Å². The Kier molecular flexibility index (Phi) is 4.25. The van der Waals surface area contributed by atoms with Crippen LogP contribution >= 0.6 is 0 Å². The van der Waals surface area contributed by atoms with E-state index in [1.807, 2.05) is 4.98 Å². The molecule has 1 aliphatic carbocycles. The highest BCUT2D eigenvalue weighted by atomic mass is 16.4. The van der Waals surface area contributed by atoms with Crippen LogP contribution in [-0.2, 0) is 16.0 Å². The van der Waals surface area contributed by atoms with Crippen molar-refractivity contribution in [2.24, 2.45) is 0 Å². The van der Waals surface area contributed by atoms with E-state index in [4.69, 9.17) is 0 Å². The number of hydrogen-bond donors (Lipinski definition) is 4. The first kappa shape index (κ1) is 15.0. The van der Waals surface area contributed by atoms with Gasteiger partial charge in [-0.1, -0.05) is 19.3 Å². The molecule has 0 saturated heterocycles. The number of rotatable bonds is 4. The van der Waals surface area contributed by atoms with Crippen LogP contribution < -0.4 is 16.6 Å². The molecule has 1 fully saturated rings. The predicted molar refractivity (Wildman–Crippen MR) is 73.0 cm³/mol. The first-order valence-electron chi connectivity index (χ1n) is 6.78. The Labute approximate surface area is 119 Å². The predicted octanol–water partition coefficient (Wildman–Crippen LogP) is -0.491. The fourth-order valence-corrected chi connectivity index (χ4v) is 2.65. The summed E-state index contributed by atoms with van der Waals surface area (Å²) in [5.74, 6) is -1.57. The van der Waals surface area contributed by atoms with Gasteiger partial charge >= 0.3 is 11.7 Å². The van der Waals surface area contributed by atoms with Gasteiger partial charge in [0.2, 0.25) is 5.91 Å². The van der Waals surface area contributed by atoms with Crippen molar-refractivity contribution in [3.63, 3.8) is 0 Å². The minimum Gasteiger partial charge on any atom is -0.480 e. The Balaban J connectivity index is 2.11. The van der Waals surface area contributed by atoms with E-state index < -0.39 is 28.7 Å². The highest BCUT2D eigenvalue weighted by Crippen LogP contribution is 2.28. The molecule has 0 radical (unpaired) electrons. The van der Waals surface area contributed by atoms with E-state index in [0.29, 0.717) is 12.8 Å². The first-order valence-corrected chi connectivity index (χ1v) is 6.78. The van der Waals surface area contributed by atoms with Crippen LogP contribution in [0.1, 0.15) is 37.8 Å². The van der Waals surface area contributed by atoms with Crippen molar-refractivity contribution in [3.8, 4) is 0 Å². The maximum absolute atomic E-state index is 12.0. The summed E-state index contributed by atoms with van der Waals surface area (Å²) in [6, 6.07) is 1.11. The van der Waals surface area contributed by atoms with E-state index in [1.165, 1.54) is 0 Å². The van der Waals surface area contributed by atoms with Crippen molar-refractivity contribution in [1.82, 2.24) is 15.3 Å². The summed E-state index contributed by atoms with van der Waals surface area (Å²) in [5, 5.41) is 11.9. The zero-order chi connectivity index (χ0) is 15.5. The lowest BCUT2D eigenvalue weighted by molar-refractivity contribution is -0.149. The van der Waals surface area contributed by atoms with Crippen molar-refractivity contribution in [2.45, 2.75) is 44.1 Å². The molecule has 0 atom stereocenters. The van der Waals surface area contributed by atoms with Crippen LogP contribution in [0.25, 0.3) is 0 Å². The van der Waals surface area contributed by atoms with Gasteiger partial charge in [-0.3, -0.25) is 14.6 Å². The van der Waals surface area contributed by atoms with E-state index >= 15 is 0 Å². The molecule has 1 aliphatic rings. The molecular weight excluding hydrogens is 278 g/mol. The number of carboxylic acid groups (broad SMARTS) is 1. The second-order valence-electron chi connectivity index (χ2n) is 5.29. The quantitative estimate of drug-likeness (QED) is 0.595. The SMILES string of the molecule is O=C(Cc1cc(=O)[nH]c(=O)[nH]1)NC1(C(=O)O)CCCCC1. The number of aromatic nitrogens is 2. The molecule has 0 unspecified atom stereocenters. The van der Waals surface area contributed by atoms with E-state index in [1.54, 1.807) is 0 Å². The average molecular weight is 295 g/mol. The van der Waals surface area contributed by atoms with E-state index in [2.05, 4.69) is 10.3 Å². The van der Waals surface area contributed by atoms with Gasteiger partial charge in [0.1, 0.15) is 5.54 Å². The van der Waals surface area contributed by atoms with Crippen LogP contribution in [0.3, 0.4) is 0 Å². The monoisotopic (exact) mass is 295 g/mol. The van der Waals surface area contributed by atoms with Crippen LogP contribution in [0, 0.1) is 0 Å². The minimum atomic E-state index is -1.24. The molecule has 1 aromatic heterocycles. The Bertz CT molecular complexity index is 626. The Morgan fingerprint density at radius 1 is 1.19 bits per heavy atom. The molecule has 0 aromatic carbocycles. The molecule has 0 bridgehead atoms. The molecule has 0 aliphatic heterocycles. The van der Waals surface area contributed by atoms with Gasteiger partial charge in [-0.2, -0.15) is 0 Å². The zero-order valence-electron chi connectivity index (χ0n) is 11.4. The van der Waals surface area contributed by atoms with Gasteiger partial charge in [0.05, 0.1) is 6.42 Å². The normalized spacial score (nSPS) is 17.1. The molecule has 2 rings (SSSR count). The number of aromatic amines is 2. The first-order chi connectivity index (χ1) is 9.91. The van der Waals surface area contributed by atoms with Gasteiger partial charge in [-0.15, -0.1) is 0 Å². The third-order valence-electron chi connectivity index (χ3n) is 3.66. The van der Waals surface area contributed by atoms with Crippen LogP contribution in [0.5, 0.6) is 0 Å². The molecule has 1 amide bonds. The maximum Gasteiger partial charge on any atom is 0.329 e. The molecule has 1 saturated carbocycles. The fraction of sp³-hybridized carbons (Fsp3) is 0.538. The molecular formula is C13H17N3O5. The summed E-state index contributed by atoms with van der Waals surface area (Å²) in [6.07, 6.45) is 2.98. The third-order valence-corrected chi connectivity index (χ3v) is 3.66. The number of carbonyl (C=O) groups excluding carboxylic acids is 1. The zero-order valence-corrected chi connectivity index (χ0v) is 11.4. The van der Waals surface area contributed by atoms with Crippen molar-refractivity contribution in [2.75, 3.05) is 0 Å². The minimum absolute atomic E-state index is 0.151. The smallest absolute Gasteiger partial charge is 0.329 e. The van der Waals surface area contributed by atoms with Gasteiger partial charge in [0.15, 0.2) is 0 Å². The number of H-pyrrole nitrogens is 2. The Morgan fingerprint density at radius 2 is 1.86 bits per heavy atom. The summed E-state index contributed by atoms with van der Waals surface area (Å²) < 4.78 is 0. The number of aliphatic carboxylic acids is 1. The van der Waals surface area contributed by atoms with Gasteiger partial charge in [0.25, 0.3) is 5.56 Å². The molecule has 21 heavy (non-hydrogen) atoms. The van der Waals surface area contributed by atoms with Crippen molar-refractivity contribution >= 4 is 11.9 Å². The van der Waals surface area contributed by atoms with Crippen molar-refractivity contribution in [1.29, 1.82) is 0 Å². The van der Waals surface area contributed by atoms with Gasteiger partial charge in [-0.25, -0.2) is 9.59 Å². The van der Waals surface area contributed by atoms with Crippen LogP contribution in [0.4, 0.5) is 0 Å². The largest absolute Gasteiger partial charge is 0.480 e.